The van der Waals surface area contributed by atoms with E-state index in [1.807, 2.05) is 13.0 Å². The number of hydrogen-bond acceptors (Lipinski definition) is 3. The van der Waals surface area contributed by atoms with Crippen molar-refractivity contribution in [1.82, 2.24) is 5.32 Å². The molecule has 126 valence electrons. The highest BCUT2D eigenvalue weighted by Gasteiger charge is 2.21. The minimum atomic E-state index is -0.658. The van der Waals surface area contributed by atoms with Crippen LogP contribution in [0.4, 0.5) is 0 Å². The summed E-state index contributed by atoms with van der Waals surface area (Å²) in [7, 11) is 0. The molecule has 1 atom stereocenters. The minimum Gasteiger partial charge on any atom is -0.389 e. The van der Waals surface area contributed by atoms with Crippen LogP contribution in [0.15, 0.2) is 18.2 Å². The maximum absolute atomic E-state index is 11.8. The Morgan fingerprint density at radius 3 is 2.70 bits per heavy atom. The Kier molecular flexibility index (Phi) is 6.37. The Labute approximate surface area is 138 Å². The van der Waals surface area contributed by atoms with Crippen molar-refractivity contribution in [3.8, 4) is 0 Å². The highest BCUT2D eigenvalue weighted by Crippen LogP contribution is 2.28. The third-order valence-electron chi connectivity index (χ3n) is 4.17. The normalized spacial score (nSPS) is 15.8. The lowest BCUT2D eigenvalue weighted by Gasteiger charge is -2.11. The van der Waals surface area contributed by atoms with E-state index in [0.29, 0.717) is 5.92 Å². The quantitative estimate of drug-likeness (QED) is 0.724. The molecule has 4 heteroatoms. The maximum atomic E-state index is 11.8. The summed E-state index contributed by atoms with van der Waals surface area (Å²) >= 11 is 0. The molecule has 1 fully saturated rings. The topological polar surface area (TPSA) is 58.6 Å². The SMILES string of the molecule is Cc1cc(C)c(/C=C/C(=O)NCC(O)COCC2CC2)cc1C. The zero-order chi connectivity index (χ0) is 16.8. The number of ether oxygens (including phenoxy) is 1. The Morgan fingerprint density at radius 1 is 1.30 bits per heavy atom. The van der Waals surface area contributed by atoms with Gasteiger partial charge in [0.15, 0.2) is 0 Å². The fraction of sp³-hybridized carbons (Fsp3) is 0.526. The average Bonchev–Trinajstić information content (AvgIpc) is 3.31. The molecule has 0 aromatic heterocycles. The molecule has 1 aliphatic rings. The molecule has 0 heterocycles. The molecule has 2 N–H and O–H groups in total. The van der Waals surface area contributed by atoms with Crippen LogP contribution in [-0.2, 0) is 9.53 Å². The number of hydrogen-bond donors (Lipinski definition) is 2. The van der Waals surface area contributed by atoms with Gasteiger partial charge in [-0.05, 0) is 67.9 Å². The first-order valence-corrected chi connectivity index (χ1v) is 8.25. The lowest BCUT2D eigenvalue weighted by Crippen LogP contribution is -2.33. The zero-order valence-corrected chi connectivity index (χ0v) is 14.3. The number of benzene rings is 1. The highest BCUT2D eigenvalue weighted by atomic mass is 16.5. The first-order chi connectivity index (χ1) is 11.0. The van der Waals surface area contributed by atoms with Crippen molar-refractivity contribution in [1.29, 1.82) is 0 Å². The number of amides is 1. The van der Waals surface area contributed by atoms with Gasteiger partial charge in [-0.3, -0.25) is 4.79 Å². The van der Waals surface area contributed by atoms with E-state index in [0.717, 1.165) is 17.7 Å². The van der Waals surface area contributed by atoms with Gasteiger partial charge in [-0.15, -0.1) is 0 Å². The van der Waals surface area contributed by atoms with E-state index in [-0.39, 0.29) is 19.1 Å². The van der Waals surface area contributed by atoms with Crippen LogP contribution in [0.5, 0.6) is 0 Å². The summed E-state index contributed by atoms with van der Waals surface area (Å²) in [6, 6.07) is 4.20. The average molecular weight is 317 g/mol. The monoisotopic (exact) mass is 317 g/mol. The van der Waals surface area contributed by atoms with Crippen molar-refractivity contribution in [2.24, 2.45) is 5.92 Å². The Hall–Kier alpha value is -1.65. The summed E-state index contributed by atoms with van der Waals surface area (Å²) in [6.45, 7) is 7.37. The molecule has 1 amide bonds. The van der Waals surface area contributed by atoms with Gasteiger partial charge in [-0.2, -0.15) is 0 Å². The molecule has 1 saturated carbocycles. The second-order valence-corrected chi connectivity index (χ2v) is 6.51. The van der Waals surface area contributed by atoms with Gasteiger partial charge >= 0.3 is 0 Å². The van der Waals surface area contributed by atoms with Crippen molar-refractivity contribution in [2.75, 3.05) is 19.8 Å². The minimum absolute atomic E-state index is 0.205. The third-order valence-corrected chi connectivity index (χ3v) is 4.17. The fourth-order valence-corrected chi connectivity index (χ4v) is 2.32. The predicted octanol–water partition coefficient (Wildman–Crippen LogP) is 2.53. The van der Waals surface area contributed by atoms with Crippen LogP contribution < -0.4 is 5.32 Å². The predicted molar refractivity (Wildman–Crippen MR) is 92.2 cm³/mol. The molecule has 1 aliphatic carbocycles. The van der Waals surface area contributed by atoms with Crippen LogP contribution in [0.25, 0.3) is 6.08 Å². The number of carbonyl (C=O) groups is 1. The van der Waals surface area contributed by atoms with Crippen LogP contribution in [0.2, 0.25) is 0 Å². The second-order valence-electron chi connectivity index (χ2n) is 6.51. The van der Waals surface area contributed by atoms with Gasteiger partial charge in [-0.1, -0.05) is 12.1 Å². The van der Waals surface area contributed by atoms with Crippen LogP contribution >= 0.6 is 0 Å². The number of aliphatic hydroxyl groups is 1. The molecule has 2 rings (SSSR count). The van der Waals surface area contributed by atoms with Crippen LogP contribution in [-0.4, -0.2) is 36.9 Å². The van der Waals surface area contributed by atoms with E-state index < -0.39 is 6.10 Å². The third kappa shape index (κ3) is 6.16. The van der Waals surface area contributed by atoms with E-state index >= 15 is 0 Å². The van der Waals surface area contributed by atoms with Gasteiger partial charge in [0.25, 0.3) is 0 Å². The molecule has 0 spiro atoms. The molecular formula is C19H27NO3. The Balaban J connectivity index is 1.74. The number of aliphatic hydroxyl groups excluding tert-OH is 1. The van der Waals surface area contributed by atoms with Gasteiger partial charge in [0.1, 0.15) is 0 Å². The van der Waals surface area contributed by atoms with Gasteiger partial charge < -0.3 is 15.2 Å². The fourth-order valence-electron chi connectivity index (χ4n) is 2.32. The summed E-state index contributed by atoms with van der Waals surface area (Å²) in [6.07, 6.45) is 5.13. The molecule has 0 radical (unpaired) electrons. The first-order valence-electron chi connectivity index (χ1n) is 8.25. The summed E-state index contributed by atoms with van der Waals surface area (Å²) < 4.78 is 5.40. The van der Waals surface area contributed by atoms with Crippen LogP contribution in [0, 0.1) is 26.7 Å². The van der Waals surface area contributed by atoms with Crippen LogP contribution in [0.1, 0.15) is 35.1 Å². The standard InChI is InChI=1S/C19H27NO3/c1-13-8-15(3)17(9-14(13)2)6-7-19(22)20-10-18(21)12-23-11-16-4-5-16/h6-9,16,18,21H,4-5,10-12H2,1-3H3,(H,20,22)/b7-6+. The van der Waals surface area contributed by atoms with Crippen molar-refractivity contribution >= 4 is 12.0 Å². The number of rotatable bonds is 8. The lowest BCUT2D eigenvalue weighted by molar-refractivity contribution is -0.117. The molecule has 1 aromatic carbocycles. The zero-order valence-electron chi connectivity index (χ0n) is 14.3. The van der Waals surface area contributed by atoms with Gasteiger partial charge in [0.05, 0.1) is 12.7 Å². The summed E-state index contributed by atoms with van der Waals surface area (Å²) in [5.74, 6) is 0.477. The van der Waals surface area contributed by atoms with E-state index in [1.54, 1.807) is 0 Å². The Bertz CT molecular complexity index is 576. The first kappa shape index (κ1) is 17.7. The van der Waals surface area contributed by atoms with Crippen molar-refractivity contribution in [2.45, 2.75) is 39.7 Å². The van der Waals surface area contributed by atoms with Gasteiger partial charge in [0.2, 0.25) is 5.91 Å². The van der Waals surface area contributed by atoms with Crippen LogP contribution in [0.3, 0.4) is 0 Å². The summed E-state index contributed by atoms with van der Waals surface area (Å²) in [4.78, 5) is 11.8. The molecule has 4 nitrogen and oxygen atoms in total. The molecule has 23 heavy (non-hydrogen) atoms. The molecule has 1 unspecified atom stereocenters. The van der Waals surface area contributed by atoms with Crippen molar-refractivity contribution in [3.63, 3.8) is 0 Å². The molecule has 0 saturated heterocycles. The maximum Gasteiger partial charge on any atom is 0.244 e. The largest absolute Gasteiger partial charge is 0.389 e. The highest BCUT2D eigenvalue weighted by molar-refractivity contribution is 5.91. The number of carbonyl (C=O) groups excluding carboxylic acids is 1. The van der Waals surface area contributed by atoms with E-state index in [9.17, 15) is 9.90 Å². The summed E-state index contributed by atoms with van der Waals surface area (Å²) in [5, 5.41) is 12.5. The molecule has 1 aromatic rings. The lowest BCUT2D eigenvalue weighted by atomic mass is 10.0. The van der Waals surface area contributed by atoms with Gasteiger partial charge in [-0.25, -0.2) is 0 Å². The van der Waals surface area contributed by atoms with E-state index in [4.69, 9.17) is 4.74 Å². The Morgan fingerprint density at radius 2 is 2.00 bits per heavy atom. The molecule has 0 aliphatic heterocycles. The molecular weight excluding hydrogens is 290 g/mol. The van der Waals surface area contributed by atoms with Crippen molar-refractivity contribution < 1.29 is 14.6 Å². The van der Waals surface area contributed by atoms with Gasteiger partial charge in [0, 0.05) is 19.2 Å². The smallest absolute Gasteiger partial charge is 0.244 e. The molecule has 0 bridgehead atoms. The number of nitrogens with one attached hydrogen (secondary N) is 1. The number of aryl methyl sites for hydroxylation is 3. The van der Waals surface area contributed by atoms with E-state index in [2.05, 4.69) is 31.3 Å². The second kappa shape index (κ2) is 8.27. The summed E-state index contributed by atoms with van der Waals surface area (Å²) in [5.41, 5.74) is 4.64. The van der Waals surface area contributed by atoms with E-state index in [1.165, 1.54) is 30.0 Å². The van der Waals surface area contributed by atoms with Crippen molar-refractivity contribution in [3.05, 3.63) is 40.5 Å².